The van der Waals surface area contributed by atoms with Gasteiger partial charge in [0.05, 0.1) is 4.90 Å². The van der Waals surface area contributed by atoms with Crippen molar-refractivity contribution in [2.45, 2.75) is 43.5 Å². The Morgan fingerprint density at radius 1 is 1.29 bits per heavy atom. The first-order valence-electron chi connectivity index (χ1n) is 7.30. The molecule has 0 radical (unpaired) electrons. The summed E-state index contributed by atoms with van der Waals surface area (Å²) >= 11 is 6.04. The molecule has 2 aliphatic rings. The molecule has 1 aliphatic carbocycles. The lowest BCUT2D eigenvalue weighted by Crippen LogP contribution is -2.57. The number of benzene rings is 1. The summed E-state index contributed by atoms with van der Waals surface area (Å²) < 4.78 is 33.6. The van der Waals surface area contributed by atoms with E-state index in [0.717, 1.165) is 38.9 Å². The Labute approximate surface area is 130 Å². The predicted octanol–water partition coefficient (Wildman–Crippen LogP) is 2.89. The normalized spacial score (nSPS) is 24.8. The molecule has 3 rings (SSSR count). The van der Waals surface area contributed by atoms with Gasteiger partial charge in [-0.3, -0.25) is 0 Å². The molecule has 1 aliphatic heterocycles. The minimum absolute atomic E-state index is 0.0183. The van der Waals surface area contributed by atoms with E-state index in [1.807, 2.05) is 0 Å². The highest BCUT2D eigenvalue weighted by Crippen LogP contribution is 2.49. The molecule has 1 atom stereocenters. The van der Waals surface area contributed by atoms with Crippen LogP contribution in [0.4, 0.5) is 0 Å². The van der Waals surface area contributed by atoms with Gasteiger partial charge in [-0.05, 0) is 55.7 Å². The first-order chi connectivity index (χ1) is 9.95. The predicted molar refractivity (Wildman–Crippen MR) is 82.0 cm³/mol. The van der Waals surface area contributed by atoms with Crippen molar-refractivity contribution in [3.63, 3.8) is 0 Å². The Kier molecular flexibility index (Phi) is 4.03. The van der Waals surface area contributed by atoms with Gasteiger partial charge in [0.15, 0.2) is 0 Å². The fraction of sp³-hybridized carbons (Fsp3) is 0.600. The van der Waals surface area contributed by atoms with Crippen molar-refractivity contribution >= 4 is 21.6 Å². The summed E-state index contributed by atoms with van der Waals surface area (Å²) in [5, 5.41) is 0.479. The first kappa shape index (κ1) is 15.3. The van der Waals surface area contributed by atoms with E-state index in [4.69, 9.17) is 16.3 Å². The molecule has 4 nitrogen and oxygen atoms in total. The number of halogens is 1. The van der Waals surface area contributed by atoms with E-state index < -0.39 is 10.0 Å². The van der Waals surface area contributed by atoms with E-state index in [1.165, 1.54) is 0 Å². The number of ether oxygens (including phenoxy) is 1. The molecule has 1 aromatic rings. The summed E-state index contributed by atoms with van der Waals surface area (Å²) in [7, 11) is -3.52. The Morgan fingerprint density at radius 3 is 2.62 bits per heavy atom. The number of nitrogens with one attached hydrogen (secondary N) is 1. The van der Waals surface area contributed by atoms with Crippen LogP contribution >= 0.6 is 11.6 Å². The second-order valence-corrected chi connectivity index (χ2v) is 8.14. The average Bonchev–Trinajstić information content (AvgIpc) is 2.47. The molecule has 6 heteroatoms. The van der Waals surface area contributed by atoms with Crippen molar-refractivity contribution in [1.82, 2.24) is 4.72 Å². The summed E-state index contributed by atoms with van der Waals surface area (Å²) in [6.07, 6.45) is 3.86. The molecule has 116 valence electrons. The van der Waals surface area contributed by atoms with Crippen molar-refractivity contribution in [3.05, 3.63) is 28.8 Å². The van der Waals surface area contributed by atoms with Gasteiger partial charge in [-0.1, -0.05) is 17.7 Å². The van der Waals surface area contributed by atoms with Crippen LogP contribution in [0.5, 0.6) is 0 Å². The van der Waals surface area contributed by atoms with Crippen molar-refractivity contribution in [2.75, 3.05) is 13.2 Å². The van der Waals surface area contributed by atoms with Crippen LogP contribution in [-0.2, 0) is 14.8 Å². The third-order valence-corrected chi connectivity index (χ3v) is 6.99. The molecule has 1 saturated heterocycles. The van der Waals surface area contributed by atoms with E-state index in [-0.39, 0.29) is 16.4 Å². The molecule has 0 aromatic heterocycles. The summed E-state index contributed by atoms with van der Waals surface area (Å²) in [5.41, 5.74) is 0.699. The second-order valence-electron chi connectivity index (χ2n) is 6.05. The maximum atomic E-state index is 12.6. The quantitative estimate of drug-likeness (QED) is 0.927. The molecule has 1 aromatic carbocycles. The van der Waals surface area contributed by atoms with E-state index in [9.17, 15) is 8.42 Å². The summed E-state index contributed by atoms with van der Waals surface area (Å²) in [6, 6.07) is 5.01. The van der Waals surface area contributed by atoms with Crippen molar-refractivity contribution in [1.29, 1.82) is 0 Å². The van der Waals surface area contributed by atoms with Gasteiger partial charge in [-0.2, -0.15) is 0 Å². The lowest BCUT2D eigenvalue weighted by atomic mass is 9.60. The standard InChI is InChI=1S/C15H20ClNO3S/c1-11-12(16)3-2-4-13(11)21(18,19)17-14-5-6-15(14)7-9-20-10-8-15/h2-4,14,17H,5-10H2,1H3. The van der Waals surface area contributed by atoms with Crippen LogP contribution in [0.2, 0.25) is 5.02 Å². The van der Waals surface area contributed by atoms with Crippen LogP contribution in [-0.4, -0.2) is 27.7 Å². The number of hydrogen-bond donors (Lipinski definition) is 1. The minimum Gasteiger partial charge on any atom is -0.381 e. The molecule has 0 bridgehead atoms. The SMILES string of the molecule is Cc1c(Cl)cccc1S(=O)(=O)NC1CCC12CCOCC2. The topological polar surface area (TPSA) is 55.4 Å². The molecular formula is C15H20ClNO3S. The van der Waals surface area contributed by atoms with E-state index in [2.05, 4.69) is 4.72 Å². The van der Waals surface area contributed by atoms with Gasteiger partial charge >= 0.3 is 0 Å². The molecule has 1 N–H and O–H groups in total. The van der Waals surface area contributed by atoms with Gasteiger partial charge in [0.2, 0.25) is 10.0 Å². The van der Waals surface area contributed by atoms with Crippen molar-refractivity contribution < 1.29 is 13.2 Å². The second kappa shape index (κ2) is 5.54. The van der Waals surface area contributed by atoms with E-state index >= 15 is 0 Å². The van der Waals surface area contributed by atoms with Gasteiger partial charge < -0.3 is 4.74 Å². The van der Waals surface area contributed by atoms with Gasteiger partial charge in [-0.25, -0.2) is 13.1 Å². The van der Waals surface area contributed by atoms with Crippen molar-refractivity contribution in [3.8, 4) is 0 Å². The Bertz CT molecular complexity index is 638. The Hall–Kier alpha value is -0.620. The highest BCUT2D eigenvalue weighted by molar-refractivity contribution is 7.89. The van der Waals surface area contributed by atoms with Crippen LogP contribution in [0.25, 0.3) is 0 Å². The van der Waals surface area contributed by atoms with E-state index in [0.29, 0.717) is 10.6 Å². The zero-order chi connectivity index (χ0) is 15.1. The molecule has 1 heterocycles. The number of sulfonamides is 1. The Morgan fingerprint density at radius 2 is 2.00 bits per heavy atom. The Balaban J connectivity index is 1.82. The van der Waals surface area contributed by atoms with Gasteiger partial charge in [-0.15, -0.1) is 0 Å². The minimum atomic E-state index is -3.52. The summed E-state index contributed by atoms with van der Waals surface area (Å²) in [5.74, 6) is 0. The maximum absolute atomic E-state index is 12.6. The van der Waals surface area contributed by atoms with Crippen molar-refractivity contribution in [2.24, 2.45) is 5.41 Å². The monoisotopic (exact) mass is 329 g/mol. The lowest BCUT2D eigenvalue weighted by Gasteiger charge is -2.51. The fourth-order valence-electron chi connectivity index (χ4n) is 3.39. The molecule has 1 unspecified atom stereocenters. The molecule has 1 spiro atoms. The maximum Gasteiger partial charge on any atom is 0.241 e. The average molecular weight is 330 g/mol. The van der Waals surface area contributed by atoms with E-state index in [1.54, 1.807) is 25.1 Å². The highest BCUT2D eigenvalue weighted by Gasteiger charge is 2.48. The fourth-order valence-corrected chi connectivity index (χ4v) is 5.26. The van der Waals surface area contributed by atoms with Crippen LogP contribution in [0, 0.1) is 12.3 Å². The van der Waals surface area contributed by atoms with Gasteiger partial charge in [0.1, 0.15) is 0 Å². The highest BCUT2D eigenvalue weighted by atomic mass is 35.5. The zero-order valence-corrected chi connectivity index (χ0v) is 13.6. The summed E-state index contributed by atoms with van der Waals surface area (Å²) in [6.45, 7) is 3.20. The number of hydrogen-bond acceptors (Lipinski definition) is 3. The van der Waals surface area contributed by atoms with Crippen LogP contribution in [0.3, 0.4) is 0 Å². The van der Waals surface area contributed by atoms with Gasteiger partial charge in [0, 0.05) is 24.3 Å². The smallest absolute Gasteiger partial charge is 0.241 e. The molecular weight excluding hydrogens is 310 g/mol. The lowest BCUT2D eigenvalue weighted by molar-refractivity contribution is -0.0483. The number of rotatable bonds is 3. The van der Waals surface area contributed by atoms with Crippen LogP contribution in [0.1, 0.15) is 31.2 Å². The zero-order valence-electron chi connectivity index (χ0n) is 12.1. The third-order valence-electron chi connectivity index (χ3n) is 4.96. The third kappa shape index (κ3) is 2.72. The molecule has 21 heavy (non-hydrogen) atoms. The van der Waals surface area contributed by atoms with Crippen LogP contribution < -0.4 is 4.72 Å². The molecule has 2 fully saturated rings. The van der Waals surface area contributed by atoms with Gasteiger partial charge in [0.25, 0.3) is 0 Å². The molecule has 1 saturated carbocycles. The largest absolute Gasteiger partial charge is 0.381 e. The first-order valence-corrected chi connectivity index (χ1v) is 9.16. The molecule has 0 amide bonds. The summed E-state index contributed by atoms with van der Waals surface area (Å²) in [4.78, 5) is 0.282. The van der Waals surface area contributed by atoms with Crippen LogP contribution in [0.15, 0.2) is 23.1 Å².